The number of hydrogen-bond acceptors (Lipinski definition) is 3. The first-order chi connectivity index (χ1) is 13.0. The van der Waals surface area contributed by atoms with Crippen molar-refractivity contribution in [2.45, 2.75) is 51.6 Å². The molecule has 0 aliphatic carbocycles. The van der Waals surface area contributed by atoms with Gasteiger partial charge in [-0.1, -0.05) is 43.7 Å². The monoisotopic (exact) mass is 375 g/mol. The average molecular weight is 376 g/mol. The second-order valence-corrected chi connectivity index (χ2v) is 8.05. The molecule has 2 rings (SSSR count). The third-order valence-corrected chi connectivity index (χ3v) is 5.32. The normalized spacial score (nSPS) is 16.6. The highest BCUT2D eigenvalue weighted by Crippen LogP contribution is 2.23. The lowest BCUT2D eigenvalue weighted by molar-refractivity contribution is 0.00987. The molecule has 1 aromatic carbocycles. The Morgan fingerprint density at radius 2 is 1.85 bits per heavy atom. The van der Waals surface area contributed by atoms with Crippen LogP contribution in [-0.4, -0.2) is 64.0 Å². The van der Waals surface area contributed by atoms with Gasteiger partial charge in [-0.05, 0) is 31.7 Å². The van der Waals surface area contributed by atoms with E-state index in [1.165, 1.54) is 11.1 Å². The summed E-state index contributed by atoms with van der Waals surface area (Å²) in [6.07, 6.45) is 3.43. The van der Waals surface area contributed by atoms with Gasteiger partial charge < -0.3 is 19.7 Å². The maximum Gasteiger partial charge on any atom is 0.193 e. The number of nitrogens with one attached hydrogen (secondary N) is 1. The second-order valence-electron chi connectivity index (χ2n) is 8.05. The van der Waals surface area contributed by atoms with Crippen molar-refractivity contribution in [1.29, 1.82) is 0 Å². The minimum Gasteiger partial charge on any atom is -0.385 e. The predicted octanol–water partition coefficient (Wildman–Crippen LogP) is 3.37. The third kappa shape index (κ3) is 6.82. The Bertz CT molecular complexity index is 576. The van der Waals surface area contributed by atoms with Crippen molar-refractivity contribution in [1.82, 2.24) is 10.2 Å². The fraction of sp³-hybridized carbons (Fsp3) is 0.682. The van der Waals surface area contributed by atoms with Crippen molar-refractivity contribution < 1.29 is 9.47 Å². The third-order valence-electron chi connectivity index (χ3n) is 5.32. The van der Waals surface area contributed by atoms with Gasteiger partial charge in [-0.2, -0.15) is 0 Å². The van der Waals surface area contributed by atoms with Gasteiger partial charge in [-0.25, -0.2) is 0 Å². The van der Waals surface area contributed by atoms with Crippen molar-refractivity contribution >= 4 is 5.96 Å². The Kier molecular flexibility index (Phi) is 8.58. The number of guanidine groups is 1. The summed E-state index contributed by atoms with van der Waals surface area (Å²) in [5.41, 5.74) is 2.69. The molecule has 5 nitrogen and oxygen atoms in total. The Balaban J connectivity index is 1.79. The summed E-state index contributed by atoms with van der Waals surface area (Å²) < 4.78 is 11.0. The van der Waals surface area contributed by atoms with Crippen LogP contribution in [0, 0.1) is 6.92 Å². The summed E-state index contributed by atoms with van der Waals surface area (Å²) in [6.45, 7) is 11.1. The molecule has 1 saturated heterocycles. The van der Waals surface area contributed by atoms with E-state index in [1.807, 2.05) is 7.05 Å². The molecule has 5 heteroatoms. The molecule has 0 radical (unpaired) electrons. The van der Waals surface area contributed by atoms with Gasteiger partial charge in [0.1, 0.15) is 0 Å². The van der Waals surface area contributed by atoms with Crippen LogP contribution >= 0.6 is 0 Å². The van der Waals surface area contributed by atoms with Gasteiger partial charge in [0, 0.05) is 52.4 Å². The minimum absolute atomic E-state index is 0.0480. The standard InChI is InChI=1S/C22H37N3O2/c1-18-7-9-19(10-8-18)22(2,3)17-24-21(23-4)25-13-11-20(12-14-25)27-16-6-15-26-5/h7-10,20H,6,11-17H2,1-5H3,(H,23,24). The van der Waals surface area contributed by atoms with Crippen LogP contribution in [0.3, 0.4) is 0 Å². The molecule has 27 heavy (non-hydrogen) atoms. The number of hydrogen-bond donors (Lipinski definition) is 1. The van der Waals surface area contributed by atoms with Crippen molar-refractivity contribution in [2.24, 2.45) is 4.99 Å². The molecule has 0 spiro atoms. The number of rotatable bonds is 8. The molecule has 0 aromatic heterocycles. The van der Waals surface area contributed by atoms with E-state index in [2.05, 4.69) is 60.2 Å². The molecule has 1 aromatic rings. The zero-order valence-electron chi connectivity index (χ0n) is 17.8. The molecule has 0 amide bonds. The van der Waals surface area contributed by atoms with Gasteiger partial charge in [0.15, 0.2) is 5.96 Å². The number of aryl methyl sites for hydroxylation is 1. The number of benzene rings is 1. The molecule has 1 aliphatic heterocycles. The quantitative estimate of drug-likeness (QED) is 0.430. The van der Waals surface area contributed by atoms with E-state index < -0.39 is 0 Å². The zero-order valence-corrected chi connectivity index (χ0v) is 17.8. The van der Waals surface area contributed by atoms with Crippen LogP contribution in [0.5, 0.6) is 0 Å². The lowest BCUT2D eigenvalue weighted by atomic mass is 9.84. The van der Waals surface area contributed by atoms with Crippen molar-refractivity contribution in [3.05, 3.63) is 35.4 Å². The zero-order chi connectivity index (χ0) is 19.7. The molecule has 0 atom stereocenters. The van der Waals surface area contributed by atoms with Crippen LogP contribution in [0.2, 0.25) is 0 Å². The first kappa shape index (κ1) is 21.7. The van der Waals surface area contributed by atoms with Crippen molar-refractivity contribution in [3.8, 4) is 0 Å². The van der Waals surface area contributed by atoms with E-state index in [9.17, 15) is 0 Å². The number of nitrogens with zero attached hydrogens (tertiary/aromatic N) is 2. The number of likely N-dealkylation sites (tertiary alicyclic amines) is 1. The van der Waals surface area contributed by atoms with Crippen molar-refractivity contribution in [3.63, 3.8) is 0 Å². The maximum atomic E-state index is 5.96. The van der Waals surface area contributed by atoms with Crippen LogP contribution in [0.25, 0.3) is 0 Å². The molecule has 0 unspecified atom stereocenters. The Labute approximate surface area is 165 Å². The molecule has 1 aliphatic rings. The Morgan fingerprint density at radius 1 is 1.19 bits per heavy atom. The highest BCUT2D eigenvalue weighted by Gasteiger charge is 2.25. The predicted molar refractivity (Wildman–Crippen MR) is 113 cm³/mol. The highest BCUT2D eigenvalue weighted by atomic mass is 16.5. The Hall–Kier alpha value is -1.59. The van der Waals surface area contributed by atoms with Gasteiger partial charge in [0.25, 0.3) is 0 Å². The highest BCUT2D eigenvalue weighted by molar-refractivity contribution is 5.80. The SMILES string of the molecule is CN=C(NCC(C)(C)c1ccc(C)cc1)N1CCC(OCCCOC)CC1. The molecule has 1 fully saturated rings. The molecule has 0 bridgehead atoms. The average Bonchev–Trinajstić information content (AvgIpc) is 2.67. The fourth-order valence-electron chi connectivity index (χ4n) is 3.43. The summed E-state index contributed by atoms with van der Waals surface area (Å²) in [6, 6.07) is 8.82. The van der Waals surface area contributed by atoms with Crippen LogP contribution in [-0.2, 0) is 14.9 Å². The fourth-order valence-corrected chi connectivity index (χ4v) is 3.43. The lowest BCUT2D eigenvalue weighted by Gasteiger charge is -2.35. The Morgan fingerprint density at radius 3 is 2.44 bits per heavy atom. The molecule has 0 saturated carbocycles. The molecule has 1 N–H and O–H groups in total. The first-order valence-electron chi connectivity index (χ1n) is 10.1. The summed E-state index contributed by atoms with van der Waals surface area (Å²) in [4.78, 5) is 6.86. The number of aliphatic imine (C=N–C) groups is 1. The van der Waals surface area contributed by atoms with Gasteiger partial charge in [-0.3, -0.25) is 4.99 Å². The van der Waals surface area contributed by atoms with E-state index in [4.69, 9.17) is 9.47 Å². The van der Waals surface area contributed by atoms with Crippen LogP contribution in [0.4, 0.5) is 0 Å². The van der Waals surface area contributed by atoms with E-state index in [-0.39, 0.29) is 5.41 Å². The smallest absolute Gasteiger partial charge is 0.193 e. The number of methoxy groups -OCH3 is 1. The van der Waals surface area contributed by atoms with Gasteiger partial charge in [0.05, 0.1) is 6.10 Å². The molecular formula is C22H37N3O2. The second kappa shape index (κ2) is 10.7. The summed E-state index contributed by atoms with van der Waals surface area (Å²) >= 11 is 0. The summed E-state index contributed by atoms with van der Waals surface area (Å²) in [7, 11) is 3.60. The summed E-state index contributed by atoms with van der Waals surface area (Å²) in [5.74, 6) is 0.994. The van der Waals surface area contributed by atoms with Crippen LogP contribution < -0.4 is 5.32 Å². The molecule has 1 heterocycles. The van der Waals surface area contributed by atoms with Gasteiger partial charge >= 0.3 is 0 Å². The largest absolute Gasteiger partial charge is 0.385 e. The number of piperidine rings is 1. The minimum atomic E-state index is 0.0480. The molecular weight excluding hydrogens is 338 g/mol. The van der Waals surface area contributed by atoms with Crippen molar-refractivity contribution in [2.75, 3.05) is 47.0 Å². The van der Waals surface area contributed by atoms with Crippen LogP contribution in [0.15, 0.2) is 29.3 Å². The van der Waals surface area contributed by atoms with E-state index >= 15 is 0 Å². The van der Waals surface area contributed by atoms with Crippen LogP contribution in [0.1, 0.15) is 44.2 Å². The topological polar surface area (TPSA) is 46.1 Å². The lowest BCUT2D eigenvalue weighted by Crippen LogP contribution is -2.49. The van der Waals surface area contributed by atoms with Gasteiger partial charge in [0.2, 0.25) is 0 Å². The van der Waals surface area contributed by atoms with E-state index in [1.54, 1.807) is 7.11 Å². The van der Waals surface area contributed by atoms with E-state index in [0.717, 1.165) is 58.1 Å². The van der Waals surface area contributed by atoms with Gasteiger partial charge in [-0.15, -0.1) is 0 Å². The first-order valence-corrected chi connectivity index (χ1v) is 10.1. The van der Waals surface area contributed by atoms with E-state index in [0.29, 0.717) is 6.10 Å². The summed E-state index contributed by atoms with van der Waals surface area (Å²) in [5, 5.41) is 3.59. The number of ether oxygens (including phenoxy) is 2. The molecule has 152 valence electrons. The maximum absolute atomic E-state index is 5.96.